The summed E-state index contributed by atoms with van der Waals surface area (Å²) in [7, 11) is -0.383. The van der Waals surface area contributed by atoms with Crippen molar-refractivity contribution in [2.24, 2.45) is 0 Å². The molecule has 0 aromatic carbocycles. The average Bonchev–Trinajstić information content (AvgIpc) is 2.84. The minimum absolute atomic E-state index is 0.173. The highest BCUT2D eigenvalue weighted by molar-refractivity contribution is 7.89. The Labute approximate surface area is 122 Å². The molecule has 0 atom stereocenters. The monoisotopic (exact) mass is 312 g/mol. The van der Waals surface area contributed by atoms with Gasteiger partial charge in [-0.15, -0.1) is 11.3 Å². The lowest BCUT2D eigenvalue weighted by molar-refractivity contribution is 0.468. The minimum atomic E-state index is -3.59. The van der Waals surface area contributed by atoms with Crippen LogP contribution in [0.5, 0.6) is 0 Å². The van der Waals surface area contributed by atoms with Crippen LogP contribution in [0.4, 0.5) is 5.82 Å². The molecular formula is C12H16N4O2S2. The number of aromatic nitrogens is 2. The highest BCUT2D eigenvalue weighted by Crippen LogP contribution is 2.24. The first-order chi connectivity index (χ1) is 9.46. The third kappa shape index (κ3) is 2.82. The van der Waals surface area contributed by atoms with Gasteiger partial charge >= 0.3 is 0 Å². The molecule has 0 fully saturated rings. The highest BCUT2D eigenvalue weighted by Gasteiger charge is 2.25. The van der Waals surface area contributed by atoms with Gasteiger partial charge in [0.1, 0.15) is 10.7 Å². The van der Waals surface area contributed by atoms with E-state index in [1.54, 1.807) is 37.9 Å². The lowest BCUT2D eigenvalue weighted by atomic mass is 10.4. The van der Waals surface area contributed by atoms with E-state index in [1.807, 2.05) is 6.92 Å². The number of hydrogen-bond donors (Lipinski definition) is 1. The zero-order valence-electron chi connectivity index (χ0n) is 11.5. The van der Waals surface area contributed by atoms with Crippen LogP contribution in [0.15, 0.2) is 28.7 Å². The van der Waals surface area contributed by atoms with Crippen LogP contribution in [0, 0.1) is 6.92 Å². The van der Waals surface area contributed by atoms with Crippen molar-refractivity contribution in [2.45, 2.75) is 18.4 Å². The fraction of sp³-hybridized carbons (Fsp3) is 0.333. The first-order valence-electron chi connectivity index (χ1n) is 5.95. The van der Waals surface area contributed by atoms with Crippen molar-refractivity contribution in [1.29, 1.82) is 0 Å². The molecule has 0 amide bonds. The van der Waals surface area contributed by atoms with Crippen LogP contribution in [0.3, 0.4) is 0 Å². The van der Waals surface area contributed by atoms with E-state index in [4.69, 9.17) is 0 Å². The van der Waals surface area contributed by atoms with Crippen molar-refractivity contribution in [2.75, 3.05) is 19.4 Å². The van der Waals surface area contributed by atoms with Gasteiger partial charge in [-0.3, -0.25) is 0 Å². The number of nitrogens with zero attached hydrogens (tertiary/aromatic N) is 3. The van der Waals surface area contributed by atoms with Crippen molar-refractivity contribution in [1.82, 2.24) is 14.3 Å². The topological polar surface area (TPSA) is 75.2 Å². The Kier molecular flexibility index (Phi) is 4.36. The Hall–Kier alpha value is -1.51. The van der Waals surface area contributed by atoms with Gasteiger partial charge in [-0.25, -0.2) is 18.4 Å². The molecule has 0 radical (unpaired) electrons. The van der Waals surface area contributed by atoms with Gasteiger partial charge in [0.2, 0.25) is 10.0 Å². The summed E-state index contributed by atoms with van der Waals surface area (Å²) in [5, 5.41) is 2.80. The third-order valence-electron chi connectivity index (χ3n) is 2.91. The van der Waals surface area contributed by atoms with Crippen molar-refractivity contribution in [3.05, 3.63) is 34.4 Å². The van der Waals surface area contributed by atoms with E-state index in [9.17, 15) is 8.42 Å². The number of pyridine rings is 1. The van der Waals surface area contributed by atoms with E-state index in [1.165, 1.54) is 15.6 Å². The number of sulfonamides is 1. The fourth-order valence-corrected chi connectivity index (χ4v) is 3.92. The fourth-order valence-electron chi connectivity index (χ4n) is 1.72. The first-order valence-corrected chi connectivity index (χ1v) is 8.27. The average molecular weight is 312 g/mol. The first kappa shape index (κ1) is 14.9. The molecule has 0 spiro atoms. The van der Waals surface area contributed by atoms with Gasteiger partial charge in [0.25, 0.3) is 0 Å². The number of hydrogen-bond acceptors (Lipinski definition) is 6. The van der Waals surface area contributed by atoms with Gasteiger partial charge < -0.3 is 5.32 Å². The molecule has 6 nitrogen and oxygen atoms in total. The van der Waals surface area contributed by atoms with Crippen LogP contribution in [-0.2, 0) is 16.6 Å². The summed E-state index contributed by atoms with van der Waals surface area (Å²) in [5.41, 5.74) is 2.57. The minimum Gasteiger partial charge on any atom is -0.372 e. The molecule has 2 aromatic rings. The Morgan fingerprint density at radius 3 is 2.75 bits per heavy atom. The second kappa shape index (κ2) is 5.86. The molecule has 0 aliphatic heterocycles. The molecule has 0 aliphatic rings. The summed E-state index contributed by atoms with van der Waals surface area (Å²) < 4.78 is 26.5. The number of aryl methyl sites for hydroxylation is 1. The molecule has 0 unspecified atom stereocenters. The lowest BCUT2D eigenvalue weighted by Crippen LogP contribution is -2.27. The number of anilines is 1. The number of nitrogens with one attached hydrogen (secondary N) is 1. The summed E-state index contributed by atoms with van der Waals surface area (Å²) in [6, 6.07) is 3.16. The molecule has 2 heterocycles. The quantitative estimate of drug-likeness (QED) is 0.909. The Bertz CT molecular complexity index is 697. The Balaban J connectivity index is 2.32. The van der Waals surface area contributed by atoms with Crippen LogP contribution < -0.4 is 5.32 Å². The van der Waals surface area contributed by atoms with Gasteiger partial charge in [0, 0.05) is 31.7 Å². The predicted molar refractivity (Wildman–Crippen MR) is 79.3 cm³/mol. The SMILES string of the molecule is CNc1ncccc1S(=O)(=O)N(C)Cc1scnc1C. The van der Waals surface area contributed by atoms with Gasteiger partial charge in [-0.05, 0) is 19.1 Å². The van der Waals surface area contributed by atoms with E-state index >= 15 is 0 Å². The largest absolute Gasteiger partial charge is 0.372 e. The van der Waals surface area contributed by atoms with E-state index in [0.717, 1.165) is 10.6 Å². The predicted octanol–water partition coefficient (Wildman–Crippen LogP) is 1.71. The standard InChI is InChI=1S/C12H16N4O2S2/c1-9-10(19-8-15-9)7-16(3)20(17,18)11-5-4-6-14-12(11)13-2/h4-6,8H,7H2,1-3H3,(H,13,14). The Morgan fingerprint density at radius 1 is 1.40 bits per heavy atom. The van der Waals surface area contributed by atoms with E-state index in [-0.39, 0.29) is 4.90 Å². The lowest BCUT2D eigenvalue weighted by Gasteiger charge is -2.18. The van der Waals surface area contributed by atoms with Gasteiger partial charge in [-0.2, -0.15) is 4.31 Å². The van der Waals surface area contributed by atoms with Gasteiger partial charge in [0.05, 0.1) is 11.2 Å². The van der Waals surface area contributed by atoms with E-state index in [2.05, 4.69) is 15.3 Å². The van der Waals surface area contributed by atoms with E-state index in [0.29, 0.717) is 12.4 Å². The molecule has 0 bridgehead atoms. The second-order valence-electron chi connectivity index (χ2n) is 4.22. The third-order valence-corrected chi connectivity index (χ3v) is 5.66. The van der Waals surface area contributed by atoms with Crippen molar-refractivity contribution in [3.63, 3.8) is 0 Å². The van der Waals surface area contributed by atoms with Crippen LogP contribution >= 0.6 is 11.3 Å². The molecular weight excluding hydrogens is 296 g/mol. The molecule has 2 aromatic heterocycles. The summed E-state index contributed by atoms with van der Waals surface area (Å²) in [6.45, 7) is 2.17. The maximum Gasteiger partial charge on any atom is 0.246 e. The molecule has 8 heteroatoms. The zero-order chi connectivity index (χ0) is 14.8. The summed E-state index contributed by atoms with van der Waals surface area (Å²) in [6.07, 6.45) is 1.55. The summed E-state index contributed by atoms with van der Waals surface area (Å²) in [5.74, 6) is 0.348. The molecule has 1 N–H and O–H groups in total. The van der Waals surface area contributed by atoms with Crippen molar-refractivity contribution >= 4 is 27.2 Å². The Morgan fingerprint density at radius 2 is 2.15 bits per heavy atom. The molecule has 0 aliphatic carbocycles. The molecule has 0 saturated heterocycles. The number of rotatable bonds is 5. The van der Waals surface area contributed by atoms with Crippen molar-refractivity contribution < 1.29 is 8.42 Å². The molecule has 0 saturated carbocycles. The summed E-state index contributed by atoms with van der Waals surface area (Å²) >= 11 is 1.45. The van der Waals surface area contributed by atoms with Gasteiger partial charge in [-0.1, -0.05) is 0 Å². The number of thiazole rings is 1. The van der Waals surface area contributed by atoms with E-state index < -0.39 is 10.0 Å². The molecule has 2 rings (SSSR count). The normalized spacial score (nSPS) is 11.8. The van der Waals surface area contributed by atoms with Crippen molar-refractivity contribution in [3.8, 4) is 0 Å². The van der Waals surface area contributed by atoms with Gasteiger partial charge in [0.15, 0.2) is 0 Å². The maximum absolute atomic E-state index is 12.6. The maximum atomic E-state index is 12.6. The highest BCUT2D eigenvalue weighted by atomic mass is 32.2. The second-order valence-corrected chi connectivity index (χ2v) is 7.17. The smallest absolute Gasteiger partial charge is 0.246 e. The molecule has 108 valence electrons. The van der Waals surface area contributed by atoms with Crippen LogP contribution in [0.1, 0.15) is 10.6 Å². The molecule has 20 heavy (non-hydrogen) atoms. The van der Waals surface area contributed by atoms with Crippen LogP contribution in [-0.4, -0.2) is 36.8 Å². The van der Waals surface area contributed by atoms with Crippen LogP contribution in [0.25, 0.3) is 0 Å². The zero-order valence-corrected chi connectivity index (χ0v) is 13.1. The van der Waals surface area contributed by atoms with Crippen LogP contribution in [0.2, 0.25) is 0 Å². The summed E-state index contributed by atoms with van der Waals surface area (Å²) in [4.78, 5) is 9.27.